The molecule has 0 saturated heterocycles. The summed E-state index contributed by atoms with van der Waals surface area (Å²) < 4.78 is 5.24. The maximum Gasteiger partial charge on any atom is 0.274 e. The van der Waals surface area contributed by atoms with Gasteiger partial charge >= 0.3 is 0 Å². The number of nitrogens with zero attached hydrogens (tertiary/aromatic N) is 2. The second kappa shape index (κ2) is 8.51. The van der Waals surface area contributed by atoms with Gasteiger partial charge in [-0.2, -0.15) is 0 Å². The fourth-order valence-electron chi connectivity index (χ4n) is 2.49. The summed E-state index contributed by atoms with van der Waals surface area (Å²) in [4.78, 5) is 20.8. The Morgan fingerprint density at radius 3 is 2.59 bits per heavy atom. The number of benzene rings is 2. The van der Waals surface area contributed by atoms with Crippen LogP contribution in [0.3, 0.4) is 0 Å². The molecule has 3 aromatic rings. The summed E-state index contributed by atoms with van der Waals surface area (Å²) in [7, 11) is 1.52. The van der Waals surface area contributed by atoms with Crippen molar-refractivity contribution < 1.29 is 9.53 Å². The summed E-state index contributed by atoms with van der Waals surface area (Å²) in [5.41, 5.74) is 2.82. The van der Waals surface area contributed by atoms with Gasteiger partial charge in [0, 0.05) is 16.8 Å². The molecular weight excluding hydrogens is 364 g/mol. The molecule has 0 bridgehead atoms. The van der Waals surface area contributed by atoms with E-state index in [4.69, 9.17) is 16.3 Å². The minimum atomic E-state index is -0.387. The number of nitrogens with one attached hydrogen (secondary N) is 2. The molecule has 138 valence electrons. The Labute approximate surface area is 162 Å². The molecule has 1 aromatic heterocycles. The third-order valence-electron chi connectivity index (χ3n) is 3.94. The van der Waals surface area contributed by atoms with Crippen molar-refractivity contribution in [1.29, 1.82) is 0 Å². The van der Waals surface area contributed by atoms with Gasteiger partial charge in [0.15, 0.2) is 0 Å². The summed E-state index contributed by atoms with van der Waals surface area (Å²) in [5, 5.41) is 6.42. The van der Waals surface area contributed by atoms with E-state index in [2.05, 4.69) is 27.5 Å². The van der Waals surface area contributed by atoms with Crippen LogP contribution >= 0.6 is 11.6 Å². The van der Waals surface area contributed by atoms with Crippen molar-refractivity contribution in [3.05, 3.63) is 71.1 Å². The number of anilines is 3. The average molecular weight is 383 g/mol. The molecule has 2 N–H and O–H groups in total. The highest BCUT2D eigenvalue weighted by atomic mass is 35.5. The summed E-state index contributed by atoms with van der Waals surface area (Å²) in [6, 6.07) is 14.6. The first kappa shape index (κ1) is 18.7. The minimum absolute atomic E-state index is 0.222. The fraction of sp³-hybridized carbons (Fsp3) is 0.150. The van der Waals surface area contributed by atoms with Gasteiger partial charge in [0.25, 0.3) is 5.91 Å². The van der Waals surface area contributed by atoms with Crippen LogP contribution in [0.4, 0.5) is 17.2 Å². The molecule has 1 heterocycles. The number of carbonyl (C=O) groups is 1. The topological polar surface area (TPSA) is 76.1 Å². The number of rotatable bonds is 6. The first-order valence-electron chi connectivity index (χ1n) is 8.42. The molecule has 0 aliphatic rings. The van der Waals surface area contributed by atoms with Crippen LogP contribution in [0.1, 0.15) is 23.0 Å². The van der Waals surface area contributed by atoms with Crippen LogP contribution in [0.2, 0.25) is 5.02 Å². The minimum Gasteiger partial charge on any atom is -0.495 e. The number of hydrogen-bond acceptors (Lipinski definition) is 5. The summed E-state index contributed by atoms with van der Waals surface area (Å²) >= 11 is 6.00. The predicted octanol–water partition coefficient (Wildman–Crippen LogP) is 4.70. The first-order valence-corrected chi connectivity index (χ1v) is 8.79. The van der Waals surface area contributed by atoms with Gasteiger partial charge in [-0.1, -0.05) is 30.7 Å². The molecule has 0 atom stereocenters. The lowest BCUT2D eigenvalue weighted by Crippen LogP contribution is -2.15. The number of halogens is 1. The van der Waals surface area contributed by atoms with Crippen LogP contribution in [0.15, 0.2) is 54.9 Å². The molecule has 3 rings (SSSR count). The second-order valence-electron chi connectivity index (χ2n) is 5.76. The van der Waals surface area contributed by atoms with Crippen LogP contribution in [0.25, 0.3) is 0 Å². The van der Waals surface area contributed by atoms with E-state index in [0.29, 0.717) is 22.3 Å². The Kier molecular flexibility index (Phi) is 5.88. The van der Waals surface area contributed by atoms with Gasteiger partial charge in [-0.3, -0.25) is 4.79 Å². The largest absolute Gasteiger partial charge is 0.495 e. The molecule has 1 amide bonds. The lowest BCUT2D eigenvalue weighted by Gasteiger charge is -2.11. The Morgan fingerprint density at radius 2 is 1.89 bits per heavy atom. The number of aryl methyl sites for hydroxylation is 1. The van der Waals surface area contributed by atoms with E-state index in [9.17, 15) is 4.79 Å². The lowest BCUT2D eigenvalue weighted by atomic mass is 10.1. The van der Waals surface area contributed by atoms with Crippen molar-refractivity contribution in [3.63, 3.8) is 0 Å². The van der Waals surface area contributed by atoms with Crippen molar-refractivity contribution in [1.82, 2.24) is 9.97 Å². The van der Waals surface area contributed by atoms with Gasteiger partial charge in [-0.15, -0.1) is 0 Å². The van der Waals surface area contributed by atoms with Gasteiger partial charge in [0.05, 0.1) is 12.8 Å². The summed E-state index contributed by atoms with van der Waals surface area (Å²) in [6.45, 7) is 2.10. The summed E-state index contributed by atoms with van der Waals surface area (Å²) in [6.07, 6.45) is 2.32. The monoisotopic (exact) mass is 382 g/mol. The summed E-state index contributed by atoms with van der Waals surface area (Å²) in [5.74, 6) is 0.649. The highest BCUT2D eigenvalue weighted by Gasteiger charge is 2.13. The van der Waals surface area contributed by atoms with E-state index in [0.717, 1.165) is 12.1 Å². The molecule has 0 radical (unpaired) electrons. The number of ether oxygens (including phenoxy) is 1. The molecule has 2 aromatic carbocycles. The van der Waals surface area contributed by atoms with Crippen LogP contribution in [-0.2, 0) is 6.42 Å². The van der Waals surface area contributed by atoms with E-state index in [-0.39, 0.29) is 11.6 Å². The second-order valence-corrected chi connectivity index (χ2v) is 6.20. The highest BCUT2D eigenvalue weighted by Crippen LogP contribution is 2.28. The molecule has 27 heavy (non-hydrogen) atoms. The zero-order chi connectivity index (χ0) is 19.2. The molecule has 6 nitrogen and oxygen atoms in total. The molecular formula is C20H19ClN4O2. The van der Waals surface area contributed by atoms with Gasteiger partial charge < -0.3 is 15.4 Å². The number of aromatic nitrogens is 2. The lowest BCUT2D eigenvalue weighted by molar-refractivity contribution is 0.102. The van der Waals surface area contributed by atoms with E-state index < -0.39 is 0 Å². The molecule has 7 heteroatoms. The van der Waals surface area contributed by atoms with Crippen molar-refractivity contribution in [2.75, 3.05) is 17.7 Å². The number of hydrogen-bond donors (Lipinski definition) is 2. The maximum atomic E-state index is 12.6. The molecule has 0 aliphatic heterocycles. The van der Waals surface area contributed by atoms with Gasteiger partial charge in [-0.05, 0) is 42.3 Å². The Bertz CT molecular complexity index is 945. The standard InChI is InChI=1S/C20H19ClN4O2/c1-3-13-4-7-15(8-5-13)24-19-11-17(22-12-23-19)20(26)25-16-10-14(21)6-9-18(16)27-2/h4-12H,3H2,1-2H3,(H,25,26)(H,22,23,24). The van der Waals surface area contributed by atoms with E-state index >= 15 is 0 Å². The molecule has 0 unspecified atom stereocenters. The first-order chi connectivity index (χ1) is 13.1. The normalized spacial score (nSPS) is 10.3. The predicted molar refractivity (Wildman–Crippen MR) is 107 cm³/mol. The quantitative estimate of drug-likeness (QED) is 0.646. The SMILES string of the molecule is CCc1ccc(Nc2cc(C(=O)Nc3cc(Cl)ccc3OC)ncn2)cc1. The van der Waals surface area contributed by atoms with Crippen molar-refractivity contribution in [2.24, 2.45) is 0 Å². The van der Waals surface area contributed by atoms with Crippen LogP contribution < -0.4 is 15.4 Å². The van der Waals surface area contributed by atoms with E-state index in [1.807, 2.05) is 24.3 Å². The third kappa shape index (κ3) is 4.74. The third-order valence-corrected chi connectivity index (χ3v) is 4.18. The molecule has 0 saturated carbocycles. The molecule has 0 spiro atoms. The van der Waals surface area contributed by atoms with E-state index in [1.54, 1.807) is 24.3 Å². The van der Waals surface area contributed by atoms with Crippen LogP contribution in [0.5, 0.6) is 5.75 Å². The number of carbonyl (C=O) groups excluding carboxylic acids is 1. The van der Waals surface area contributed by atoms with Crippen LogP contribution in [-0.4, -0.2) is 23.0 Å². The zero-order valence-electron chi connectivity index (χ0n) is 15.0. The van der Waals surface area contributed by atoms with Gasteiger partial charge in [-0.25, -0.2) is 9.97 Å². The highest BCUT2D eigenvalue weighted by molar-refractivity contribution is 6.31. The Hall–Kier alpha value is -3.12. The molecule has 0 aliphatic carbocycles. The fourth-order valence-corrected chi connectivity index (χ4v) is 2.66. The van der Waals surface area contributed by atoms with Crippen molar-refractivity contribution in [3.8, 4) is 5.75 Å². The smallest absolute Gasteiger partial charge is 0.274 e. The van der Waals surface area contributed by atoms with Crippen molar-refractivity contribution in [2.45, 2.75) is 13.3 Å². The number of amides is 1. The maximum absolute atomic E-state index is 12.6. The van der Waals surface area contributed by atoms with Crippen LogP contribution in [0, 0.1) is 0 Å². The van der Waals surface area contributed by atoms with E-state index in [1.165, 1.54) is 19.0 Å². The molecule has 0 fully saturated rings. The Balaban J connectivity index is 1.76. The van der Waals surface area contributed by atoms with Gasteiger partial charge in [0.1, 0.15) is 23.6 Å². The Morgan fingerprint density at radius 1 is 1.11 bits per heavy atom. The van der Waals surface area contributed by atoms with Crippen molar-refractivity contribution >= 4 is 34.7 Å². The van der Waals surface area contributed by atoms with Gasteiger partial charge in [0.2, 0.25) is 0 Å². The number of methoxy groups -OCH3 is 1. The average Bonchev–Trinajstić information content (AvgIpc) is 2.69. The zero-order valence-corrected chi connectivity index (χ0v) is 15.7.